The molecule has 2 N–H and O–H groups in total. The maximum atomic E-state index is 11.6. The van der Waals surface area contributed by atoms with Crippen LogP contribution in [0.25, 0.3) is 10.9 Å². The van der Waals surface area contributed by atoms with Crippen LogP contribution in [0.4, 0.5) is 0 Å². The Labute approximate surface area is 92.4 Å². The van der Waals surface area contributed by atoms with E-state index < -0.39 is 0 Å². The number of halogens is 1. The van der Waals surface area contributed by atoms with E-state index in [1.807, 2.05) is 13.0 Å². The van der Waals surface area contributed by atoms with Gasteiger partial charge in [-0.15, -0.1) is 0 Å². The number of carbonyl (C=O) groups is 1. The molecular formula is C11H11ClN2O. The molecule has 0 radical (unpaired) electrons. The molecule has 0 saturated heterocycles. The summed E-state index contributed by atoms with van der Waals surface area (Å²) in [4.78, 5) is 14.7. The fourth-order valence-corrected chi connectivity index (χ4v) is 1.71. The average Bonchev–Trinajstić information content (AvgIpc) is 2.60. The third kappa shape index (κ3) is 1.83. The smallest absolute Gasteiger partial charge is 0.253 e. The summed E-state index contributed by atoms with van der Waals surface area (Å²) >= 11 is 5.85. The van der Waals surface area contributed by atoms with Gasteiger partial charge >= 0.3 is 0 Å². The van der Waals surface area contributed by atoms with Gasteiger partial charge in [-0.1, -0.05) is 17.7 Å². The standard InChI is InChI=1S/C11H11ClN2O/c1-2-13-11(15)9-6-14-10-5-7(12)3-4-8(9)10/h3-6,14H,2H2,1H3,(H,13,15). The molecule has 1 amide bonds. The summed E-state index contributed by atoms with van der Waals surface area (Å²) in [5.74, 6) is -0.0638. The SMILES string of the molecule is CCNC(=O)c1c[nH]c2cc(Cl)ccc12. The first-order chi connectivity index (χ1) is 7.22. The minimum Gasteiger partial charge on any atom is -0.360 e. The molecule has 15 heavy (non-hydrogen) atoms. The van der Waals surface area contributed by atoms with E-state index in [4.69, 9.17) is 11.6 Å². The zero-order valence-corrected chi connectivity index (χ0v) is 9.06. The second-order valence-electron chi connectivity index (χ2n) is 3.25. The lowest BCUT2D eigenvalue weighted by molar-refractivity contribution is 0.0957. The summed E-state index contributed by atoms with van der Waals surface area (Å²) in [6.45, 7) is 2.52. The van der Waals surface area contributed by atoms with Gasteiger partial charge in [0, 0.05) is 28.7 Å². The molecule has 4 heteroatoms. The highest BCUT2D eigenvalue weighted by atomic mass is 35.5. The highest BCUT2D eigenvalue weighted by Crippen LogP contribution is 2.21. The van der Waals surface area contributed by atoms with Gasteiger partial charge in [0.1, 0.15) is 0 Å². The van der Waals surface area contributed by atoms with Crippen molar-refractivity contribution < 1.29 is 4.79 Å². The molecule has 0 atom stereocenters. The molecule has 2 aromatic rings. The largest absolute Gasteiger partial charge is 0.360 e. The summed E-state index contributed by atoms with van der Waals surface area (Å²) < 4.78 is 0. The highest BCUT2D eigenvalue weighted by molar-refractivity contribution is 6.31. The zero-order valence-electron chi connectivity index (χ0n) is 8.30. The molecule has 0 aliphatic rings. The summed E-state index contributed by atoms with van der Waals surface area (Å²) in [5, 5.41) is 4.32. The van der Waals surface area contributed by atoms with Gasteiger partial charge in [-0.25, -0.2) is 0 Å². The minimum atomic E-state index is -0.0638. The van der Waals surface area contributed by atoms with E-state index >= 15 is 0 Å². The number of benzene rings is 1. The van der Waals surface area contributed by atoms with E-state index in [-0.39, 0.29) is 5.91 Å². The number of rotatable bonds is 2. The molecule has 0 aliphatic heterocycles. The fourth-order valence-electron chi connectivity index (χ4n) is 1.54. The van der Waals surface area contributed by atoms with Crippen molar-refractivity contribution in [3.8, 4) is 0 Å². The third-order valence-electron chi connectivity index (χ3n) is 2.23. The van der Waals surface area contributed by atoms with Crippen molar-refractivity contribution in [1.29, 1.82) is 0 Å². The van der Waals surface area contributed by atoms with E-state index in [9.17, 15) is 4.79 Å². The van der Waals surface area contributed by atoms with Crippen LogP contribution in [-0.4, -0.2) is 17.4 Å². The molecule has 0 bridgehead atoms. The van der Waals surface area contributed by atoms with Crippen LogP contribution in [0.5, 0.6) is 0 Å². The van der Waals surface area contributed by atoms with Gasteiger partial charge in [0.05, 0.1) is 5.56 Å². The first-order valence-electron chi connectivity index (χ1n) is 4.77. The Hall–Kier alpha value is -1.48. The molecule has 78 valence electrons. The van der Waals surface area contributed by atoms with E-state index in [1.54, 1.807) is 18.3 Å². The van der Waals surface area contributed by atoms with Crippen molar-refractivity contribution in [1.82, 2.24) is 10.3 Å². The minimum absolute atomic E-state index is 0.0638. The molecule has 0 saturated carbocycles. The predicted molar refractivity (Wildman–Crippen MR) is 61.3 cm³/mol. The Morgan fingerprint density at radius 3 is 3.07 bits per heavy atom. The molecule has 0 unspecified atom stereocenters. The number of fused-ring (bicyclic) bond motifs is 1. The van der Waals surface area contributed by atoms with Gasteiger partial charge in [-0.05, 0) is 19.1 Å². The van der Waals surface area contributed by atoms with Crippen LogP contribution in [0, 0.1) is 0 Å². The topological polar surface area (TPSA) is 44.9 Å². The van der Waals surface area contributed by atoms with Crippen LogP contribution >= 0.6 is 11.6 Å². The maximum absolute atomic E-state index is 11.6. The summed E-state index contributed by atoms with van der Waals surface area (Å²) in [6.07, 6.45) is 1.70. The number of carbonyl (C=O) groups excluding carboxylic acids is 1. The molecular weight excluding hydrogens is 212 g/mol. The van der Waals surface area contributed by atoms with Crippen molar-refractivity contribution in [2.24, 2.45) is 0 Å². The van der Waals surface area contributed by atoms with Crippen molar-refractivity contribution in [3.63, 3.8) is 0 Å². The van der Waals surface area contributed by atoms with Crippen LogP contribution in [0.3, 0.4) is 0 Å². The first-order valence-corrected chi connectivity index (χ1v) is 5.15. The molecule has 1 aromatic heterocycles. The van der Waals surface area contributed by atoms with Crippen LogP contribution in [0.1, 0.15) is 17.3 Å². The van der Waals surface area contributed by atoms with Gasteiger partial charge in [0.15, 0.2) is 0 Å². The number of H-pyrrole nitrogens is 1. The van der Waals surface area contributed by atoms with E-state index in [0.29, 0.717) is 17.1 Å². The van der Waals surface area contributed by atoms with Crippen LogP contribution in [0.2, 0.25) is 5.02 Å². The maximum Gasteiger partial charge on any atom is 0.253 e. The lowest BCUT2D eigenvalue weighted by Crippen LogP contribution is -2.22. The zero-order chi connectivity index (χ0) is 10.8. The van der Waals surface area contributed by atoms with E-state index in [2.05, 4.69) is 10.3 Å². The highest BCUT2D eigenvalue weighted by Gasteiger charge is 2.10. The Morgan fingerprint density at radius 2 is 2.33 bits per heavy atom. The Morgan fingerprint density at radius 1 is 1.53 bits per heavy atom. The molecule has 0 aliphatic carbocycles. The Kier molecular flexibility index (Phi) is 2.64. The van der Waals surface area contributed by atoms with E-state index in [0.717, 1.165) is 10.9 Å². The van der Waals surface area contributed by atoms with E-state index in [1.165, 1.54) is 0 Å². The lowest BCUT2D eigenvalue weighted by Gasteiger charge is -1.99. The number of hydrogen-bond donors (Lipinski definition) is 2. The van der Waals surface area contributed by atoms with Crippen molar-refractivity contribution in [3.05, 3.63) is 35.0 Å². The molecule has 1 aromatic carbocycles. The van der Waals surface area contributed by atoms with Gasteiger partial charge in [0.25, 0.3) is 5.91 Å². The van der Waals surface area contributed by atoms with Crippen LogP contribution in [0.15, 0.2) is 24.4 Å². The number of hydrogen-bond acceptors (Lipinski definition) is 1. The van der Waals surface area contributed by atoms with Crippen molar-refractivity contribution >= 4 is 28.4 Å². The number of nitrogens with one attached hydrogen (secondary N) is 2. The normalized spacial score (nSPS) is 10.5. The summed E-state index contributed by atoms with van der Waals surface area (Å²) in [7, 11) is 0. The second kappa shape index (κ2) is 3.95. The number of aromatic amines is 1. The molecule has 0 spiro atoms. The van der Waals surface area contributed by atoms with Gasteiger partial charge in [-0.2, -0.15) is 0 Å². The van der Waals surface area contributed by atoms with Crippen molar-refractivity contribution in [2.75, 3.05) is 6.54 Å². The fraction of sp³-hybridized carbons (Fsp3) is 0.182. The molecule has 1 heterocycles. The van der Waals surface area contributed by atoms with Crippen LogP contribution < -0.4 is 5.32 Å². The Balaban J connectivity index is 2.49. The number of amides is 1. The monoisotopic (exact) mass is 222 g/mol. The van der Waals surface area contributed by atoms with Crippen molar-refractivity contribution in [2.45, 2.75) is 6.92 Å². The van der Waals surface area contributed by atoms with Gasteiger partial charge in [-0.3, -0.25) is 4.79 Å². The quantitative estimate of drug-likeness (QED) is 0.806. The third-order valence-corrected chi connectivity index (χ3v) is 2.46. The summed E-state index contributed by atoms with van der Waals surface area (Å²) in [5.41, 5.74) is 1.53. The predicted octanol–water partition coefficient (Wildman–Crippen LogP) is 2.57. The first kappa shape index (κ1) is 10.1. The van der Waals surface area contributed by atoms with Gasteiger partial charge < -0.3 is 10.3 Å². The lowest BCUT2D eigenvalue weighted by atomic mass is 10.1. The summed E-state index contributed by atoms with van der Waals surface area (Å²) in [6, 6.07) is 5.43. The second-order valence-corrected chi connectivity index (χ2v) is 3.69. The van der Waals surface area contributed by atoms with Crippen LogP contribution in [-0.2, 0) is 0 Å². The average molecular weight is 223 g/mol. The molecule has 3 nitrogen and oxygen atoms in total. The molecule has 0 fully saturated rings. The molecule has 2 rings (SSSR count). The Bertz CT molecular complexity index is 504. The van der Waals surface area contributed by atoms with Gasteiger partial charge in [0.2, 0.25) is 0 Å². The number of aromatic nitrogens is 1.